The Kier molecular flexibility index (Phi) is 6.03. The van der Waals surface area contributed by atoms with Gasteiger partial charge in [-0.15, -0.1) is 0 Å². The smallest absolute Gasteiger partial charge is 0.261 e. The number of pyridine rings is 1. The normalized spacial score (nSPS) is 16.9. The summed E-state index contributed by atoms with van der Waals surface area (Å²) in [5.74, 6) is -0.718. The standard InChI is InChI=1S/C22H24N4O3S/c1-15(21(28)25-12-5-2-6-13-25)24-19(27)14-26-17-9-3-4-10-18(17)30-20-16(22(26)29)8-7-11-23-20/h3-4,7-11,15H,2,5-6,12-14H2,1H3,(H,24,27). The molecule has 1 fully saturated rings. The minimum absolute atomic E-state index is 0.0734. The first-order chi connectivity index (χ1) is 14.5. The van der Waals surface area contributed by atoms with Crippen molar-refractivity contribution in [1.82, 2.24) is 15.2 Å². The third-order valence-electron chi connectivity index (χ3n) is 5.33. The van der Waals surface area contributed by atoms with Gasteiger partial charge in [0, 0.05) is 24.2 Å². The number of aromatic nitrogens is 1. The lowest BCUT2D eigenvalue weighted by atomic mass is 10.1. The Morgan fingerprint density at radius 1 is 1.13 bits per heavy atom. The van der Waals surface area contributed by atoms with Crippen LogP contribution in [0.2, 0.25) is 0 Å². The van der Waals surface area contributed by atoms with E-state index < -0.39 is 6.04 Å². The largest absolute Gasteiger partial charge is 0.343 e. The summed E-state index contributed by atoms with van der Waals surface area (Å²) in [6.45, 7) is 3.00. The lowest BCUT2D eigenvalue weighted by Crippen LogP contribution is -2.51. The van der Waals surface area contributed by atoms with Crippen molar-refractivity contribution in [2.45, 2.75) is 42.1 Å². The molecule has 0 saturated carbocycles. The number of anilines is 1. The first-order valence-corrected chi connectivity index (χ1v) is 11.0. The summed E-state index contributed by atoms with van der Waals surface area (Å²) in [7, 11) is 0. The molecule has 2 aliphatic heterocycles. The van der Waals surface area contributed by atoms with Crippen molar-refractivity contribution >= 4 is 35.2 Å². The van der Waals surface area contributed by atoms with Crippen molar-refractivity contribution in [3.8, 4) is 0 Å². The summed E-state index contributed by atoms with van der Waals surface area (Å²) in [6.07, 6.45) is 4.78. The molecule has 0 radical (unpaired) electrons. The summed E-state index contributed by atoms with van der Waals surface area (Å²) in [4.78, 5) is 47.1. The lowest BCUT2D eigenvalue weighted by Gasteiger charge is -2.30. The average Bonchev–Trinajstić information content (AvgIpc) is 2.89. The fourth-order valence-electron chi connectivity index (χ4n) is 3.80. The maximum Gasteiger partial charge on any atom is 0.261 e. The molecule has 1 saturated heterocycles. The third-order valence-corrected chi connectivity index (χ3v) is 6.41. The van der Waals surface area contributed by atoms with E-state index in [4.69, 9.17) is 0 Å². The van der Waals surface area contributed by atoms with Crippen molar-refractivity contribution in [3.05, 3.63) is 48.2 Å². The highest BCUT2D eigenvalue weighted by molar-refractivity contribution is 7.99. The second-order valence-electron chi connectivity index (χ2n) is 7.49. The van der Waals surface area contributed by atoms with Gasteiger partial charge in [0.05, 0.1) is 11.3 Å². The molecule has 3 amide bonds. The molecule has 30 heavy (non-hydrogen) atoms. The Labute approximate surface area is 179 Å². The first-order valence-electron chi connectivity index (χ1n) is 10.2. The Balaban J connectivity index is 1.52. The average molecular weight is 425 g/mol. The molecule has 0 aliphatic carbocycles. The fourth-order valence-corrected chi connectivity index (χ4v) is 4.81. The summed E-state index contributed by atoms with van der Waals surface area (Å²) < 4.78 is 0. The van der Waals surface area contributed by atoms with E-state index in [1.165, 1.54) is 16.7 Å². The Morgan fingerprint density at radius 3 is 2.70 bits per heavy atom. The van der Waals surface area contributed by atoms with E-state index in [0.29, 0.717) is 16.3 Å². The number of para-hydroxylation sites is 1. The van der Waals surface area contributed by atoms with Crippen LogP contribution in [0.4, 0.5) is 5.69 Å². The van der Waals surface area contributed by atoms with E-state index in [1.807, 2.05) is 24.3 Å². The molecule has 3 heterocycles. The van der Waals surface area contributed by atoms with Crippen LogP contribution in [0.15, 0.2) is 52.5 Å². The van der Waals surface area contributed by atoms with E-state index in [0.717, 1.165) is 37.2 Å². The molecule has 2 aromatic rings. The van der Waals surface area contributed by atoms with Crippen molar-refractivity contribution in [3.63, 3.8) is 0 Å². The third kappa shape index (κ3) is 4.18. The van der Waals surface area contributed by atoms with Crippen LogP contribution >= 0.6 is 11.8 Å². The molecule has 0 bridgehead atoms. The predicted octanol–water partition coefficient (Wildman–Crippen LogP) is 2.71. The number of carbonyl (C=O) groups is 3. The number of hydrogen-bond donors (Lipinski definition) is 1. The van der Waals surface area contributed by atoms with Crippen LogP contribution in [0.5, 0.6) is 0 Å². The number of hydrogen-bond acceptors (Lipinski definition) is 5. The zero-order valence-corrected chi connectivity index (χ0v) is 17.7. The van der Waals surface area contributed by atoms with Gasteiger partial charge >= 0.3 is 0 Å². The van der Waals surface area contributed by atoms with Gasteiger partial charge in [-0.05, 0) is 50.5 Å². The van der Waals surface area contributed by atoms with Crippen LogP contribution in [0.25, 0.3) is 0 Å². The van der Waals surface area contributed by atoms with Crippen LogP contribution in [0, 0.1) is 0 Å². The maximum atomic E-state index is 13.2. The number of benzene rings is 1. The molecule has 2 aliphatic rings. The van der Waals surface area contributed by atoms with Gasteiger partial charge in [-0.2, -0.15) is 0 Å². The number of nitrogens with one attached hydrogen (secondary N) is 1. The van der Waals surface area contributed by atoms with Gasteiger partial charge in [0.25, 0.3) is 5.91 Å². The number of nitrogens with zero attached hydrogens (tertiary/aromatic N) is 3. The van der Waals surface area contributed by atoms with Crippen molar-refractivity contribution < 1.29 is 14.4 Å². The lowest BCUT2D eigenvalue weighted by molar-refractivity contribution is -0.136. The molecule has 1 unspecified atom stereocenters. The molecule has 1 aromatic heterocycles. The molecule has 8 heteroatoms. The highest BCUT2D eigenvalue weighted by Crippen LogP contribution is 2.39. The SMILES string of the molecule is CC(NC(=O)CN1C(=O)c2cccnc2Sc2ccccc21)C(=O)N1CCCCC1. The molecule has 1 N–H and O–H groups in total. The van der Waals surface area contributed by atoms with Gasteiger partial charge in [-0.25, -0.2) is 4.98 Å². The quantitative estimate of drug-likeness (QED) is 0.816. The van der Waals surface area contributed by atoms with Crippen LogP contribution in [0.3, 0.4) is 0 Å². The minimum Gasteiger partial charge on any atom is -0.343 e. The second-order valence-corrected chi connectivity index (χ2v) is 8.52. The number of rotatable bonds is 4. The topological polar surface area (TPSA) is 82.6 Å². The molecule has 7 nitrogen and oxygen atoms in total. The van der Waals surface area contributed by atoms with Crippen LogP contribution < -0.4 is 10.2 Å². The molecular weight excluding hydrogens is 400 g/mol. The summed E-state index contributed by atoms with van der Waals surface area (Å²) in [6, 6.07) is 10.3. The molecule has 1 aromatic carbocycles. The number of amides is 3. The molecular formula is C22H24N4O3S. The monoisotopic (exact) mass is 424 g/mol. The van der Waals surface area contributed by atoms with Crippen molar-refractivity contribution in [2.75, 3.05) is 24.5 Å². The van der Waals surface area contributed by atoms with Crippen LogP contribution in [-0.2, 0) is 9.59 Å². The fraction of sp³-hybridized carbons (Fsp3) is 0.364. The molecule has 1 atom stereocenters. The highest BCUT2D eigenvalue weighted by atomic mass is 32.2. The predicted molar refractivity (Wildman–Crippen MR) is 115 cm³/mol. The van der Waals surface area contributed by atoms with Gasteiger partial charge in [-0.3, -0.25) is 19.3 Å². The van der Waals surface area contributed by atoms with Gasteiger partial charge in [-0.1, -0.05) is 23.9 Å². The van der Waals surface area contributed by atoms with E-state index in [2.05, 4.69) is 10.3 Å². The number of piperidine rings is 1. The minimum atomic E-state index is -0.628. The Hall–Kier alpha value is -2.87. The van der Waals surface area contributed by atoms with Gasteiger partial charge in [0.2, 0.25) is 11.8 Å². The Morgan fingerprint density at radius 2 is 1.90 bits per heavy atom. The zero-order valence-electron chi connectivity index (χ0n) is 16.8. The van der Waals surface area contributed by atoms with Crippen LogP contribution in [0.1, 0.15) is 36.5 Å². The van der Waals surface area contributed by atoms with Crippen LogP contribution in [-0.4, -0.2) is 53.3 Å². The van der Waals surface area contributed by atoms with E-state index >= 15 is 0 Å². The summed E-state index contributed by atoms with van der Waals surface area (Å²) in [5.41, 5.74) is 1.12. The summed E-state index contributed by atoms with van der Waals surface area (Å²) >= 11 is 1.41. The summed E-state index contributed by atoms with van der Waals surface area (Å²) in [5, 5.41) is 3.39. The van der Waals surface area contributed by atoms with Gasteiger partial charge in [0.1, 0.15) is 17.6 Å². The van der Waals surface area contributed by atoms with E-state index in [9.17, 15) is 14.4 Å². The number of fused-ring (bicyclic) bond motifs is 2. The number of likely N-dealkylation sites (tertiary alicyclic amines) is 1. The second kappa shape index (κ2) is 8.87. The highest BCUT2D eigenvalue weighted by Gasteiger charge is 2.30. The first kappa shape index (κ1) is 20.4. The molecule has 156 valence electrons. The van der Waals surface area contributed by atoms with E-state index in [-0.39, 0.29) is 24.3 Å². The zero-order chi connectivity index (χ0) is 21.1. The van der Waals surface area contributed by atoms with E-state index in [1.54, 1.807) is 30.2 Å². The molecule has 0 spiro atoms. The van der Waals surface area contributed by atoms with Gasteiger partial charge < -0.3 is 10.2 Å². The van der Waals surface area contributed by atoms with Crippen molar-refractivity contribution in [2.24, 2.45) is 0 Å². The Bertz CT molecular complexity index is 974. The van der Waals surface area contributed by atoms with Gasteiger partial charge in [0.15, 0.2) is 0 Å². The van der Waals surface area contributed by atoms with Crippen molar-refractivity contribution in [1.29, 1.82) is 0 Å². The number of carbonyl (C=O) groups excluding carboxylic acids is 3. The maximum absolute atomic E-state index is 13.2. The molecule has 4 rings (SSSR count).